The Kier molecular flexibility index (Phi) is 3.44. The molecule has 2 aliphatic rings. The molecule has 1 aliphatic heterocycles. The van der Waals surface area contributed by atoms with E-state index in [4.69, 9.17) is 5.73 Å². The van der Waals surface area contributed by atoms with Crippen molar-refractivity contribution >= 4 is 16.8 Å². The minimum atomic E-state index is -0.382. The van der Waals surface area contributed by atoms with E-state index in [2.05, 4.69) is 64.1 Å². The summed E-state index contributed by atoms with van der Waals surface area (Å²) in [5.41, 5.74) is 10.6. The van der Waals surface area contributed by atoms with E-state index in [9.17, 15) is 4.79 Å². The van der Waals surface area contributed by atoms with E-state index >= 15 is 0 Å². The molecule has 0 spiro atoms. The van der Waals surface area contributed by atoms with Gasteiger partial charge in [0.05, 0.1) is 0 Å². The smallest absolute Gasteiger partial charge is 0.237 e. The second kappa shape index (κ2) is 5.71. The summed E-state index contributed by atoms with van der Waals surface area (Å²) >= 11 is 0. The van der Waals surface area contributed by atoms with Crippen LogP contribution in [0.25, 0.3) is 22.0 Å². The van der Waals surface area contributed by atoms with Gasteiger partial charge in [0, 0.05) is 48.2 Å². The van der Waals surface area contributed by atoms with Crippen LogP contribution in [0.5, 0.6) is 0 Å². The molecule has 1 saturated carbocycles. The van der Waals surface area contributed by atoms with Gasteiger partial charge in [-0.15, -0.1) is 0 Å². The van der Waals surface area contributed by atoms with E-state index in [0.29, 0.717) is 0 Å². The van der Waals surface area contributed by atoms with Crippen molar-refractivity contribution in [1.29, 1.82) is 0 Å². The van der Waals surface area contributed by atoms with E-state index in [1.54, 1.807) is 0 Å². The first-order chi connectivity index (χ1) is 12.7. The van der Waals surface area contributed by atoms with Crippen molar-refractivity contribution in [3.8, 4) is 11.1 Å². The topological polar surface area (TPSA) is 51.3 Å². The lowest BCUT2D eigenvalue weighted by Gasteiger charge is -2.27. The van der Waals surface area contributed by atoms with Crippen molar-refractivity contribution in [1.82, 2.24) is 9.47 Å². The second-order valence-corrected chi connectivity index (χ2v) is 7.49. The molecule has 132 valence electrons. The number of aromatic nitrogens is 1. The van der Waals surface area contributed by atoms with Gasteiger partial charge in [0.15, 0.2) is 0 Å². The molecule has 0 radical (unpaired) electrons. The third-order valence-corrected chi connectivity index (χ3v) is 6.14. The molecule has 2 aromatic carbocycles. The number of rotatable bonds is 3. The summed E-state index contributed by atoms with van der Waals surface area (Å²) in [5, 5.41) is 1.32. The minimum absolute atomic E-state index is 0.155. The fourth-order valence-electron chi connectivity index (χ4n) is 4.64. The fraction of sp³-hybridized carbons (Fsp3) is 0.318. The number of hydrogen-bond acceptors (Lipinski definition) is 2. The van der Waals surface area contributed by atoms with Crippen molar-refractivity contribution in [2.75, 3.05) is 13.1 Å². The number of carbonyl (C=O) groups is 1. The number of benzene rings is 2. The van der Waals surface area contributed by atoms with Gasteiger partial charge < -0.3 is 10.3 Å². The highest BCUT2D eigenvalue weighted by Gasteiger charge is 2.53. The lowest BCUT2D eigenvalue weighted by atomic mass is 10.0. The second-order valence-electron chi connectivity index (χ2n) is 7.49. The molecule has 3 aromatic rings. The van der Waals surface area contributed by atoms with Crippen molar-refractivity contribution in [2.45, 2.75) is 31.3 Å². The van der Waals surface area contributed by atoms with Gasteiger partial charge in [0.25, 0.3) is 0 Å². The predicted molar refractivity (Wildman–Crippen MR) is 104 cm³/mol. The monoisotopic (exact) mass is 345 g/mol. The van der Waals surface area contributed by atoms with E-state index in [0.717, 1.165) is 38.9 Å². The molecule has 1 aliphatic carbocycles. The zero-order valence-corrected chi connectivity index (χ0v) is 14.8. The Bertz CT molecular complexity index is 985. The van der Waals surface area contributed by atoms with Crippen LogP contribution in [0.4, 0.5) is 0 Å². The standard InChI is InChI=1S/C22H23N3O/c23-21(26)22(11-12-22)24-13-10-19-20(16-6-2-1-3-7-16)17-8-4-5-9-18(17)25(19)15-14-24/h1-9H,10-15H2,(H2,23,26). The number of nitrogens with zero attached hydrogens (tertiary/aromatic N) is 2. The predicted octanol–water partition coefficient (Wildman–Crippen LogP) is 3.18. The number of carbonyl (C=O) groups excluding carboxylic acids is 1. The van der Waals surface area contributed by atoms with Crippen LogP contribution >= 0.6 is 0 Å². The van der Waals surface area contributed by atoms with Crippen LogP contribution in [0.3, 0.4) is 0 Å². The van der Waals surface area contributed by atoms with E-state index in [1.807, 2.05) is 0 Å². The number of hydrogen-bond donors (Lipinski definition) is 1. The van der Waals surface area contributed by atoms with Crippen LogP contribution < -0.4 is 5.73 Å². The number of nitrogens with two attached hydrogens (primary N) is 1. The summed E-state index contributed by atoms with van der Waals surface area (Å²) in [7, 11) is 0. The van der Waals surface area contributed by atoms with Gasteiger partial charge in [0.1, 0.15) is 5.54 Å². The summed E-state index contributed by atoms with van der Waals surface area (Å²) in [6.07, 6.45) is 2.75. The Morgan fingerprint density at radius 3 is 2.38 bits per heavy atom. The Morgan fingerprint density at radius 2 is 1.65 bits per heavy atom. The Labute approximate surface area is 153 Å². The highest BCUT2D eigenvalue weighted by molar-refractivity contribution is 5.98. The summed E-state index contributed by atoms with van der Waals surface area (Å²) in [6, 6.07) is 19.3. The zero-order chi connectivity index (χ0) is 17.7. The van der Waals surface area contributed by atoms with Gasteiger partial charge in [-0.25, -0.2) is 0 Å². The Morgan fingerprint density at radius 1 is 0.923 bits per heavy atom. The van der Waals surface area contributed by atoms with Crippen molar-refractivity contribution < 1.29 is 4.79 Å². The molecule has 26 heavy (non-hydrogen) atoms. The first-order valence-electron chi connectivity index (χ1n) is 9.41. The number of primary amides is 1. The average molecular weight is 345 g/mol. The summed E-state index contributed by atoms with van der Waals surface area (Å²) < 4.78 is 2.45. The SMILES string of the molecule is NC(=O)C1(N2CCc3c(-c4ccccc4)c4ccccc4n3CC2)CC1. The van der Waals surface area contributed by atoms with Crippen LogP contribution in [0.2, 0.25) is 0 Å². The van der Waals surface area contributed by atoms with E-state index < -0.39 is 0 Å². The van der Waals surface area contributed by atoms with Crippen LogP contribution in [-0.4, -0.2) is 34.0 Å². The van der Waals surface area contributed by atoms with Gasteiger partial charge in [-0.05, 0) is 24.5 Å². The molecular formula is C22H23N3O. The molecule has 1 fully saturated rings. The number of amides is 1. The molecule has 5 rings (SSSR count). The molecule has 0 bridgehead atoms. The van der Waals surface area contributed by atoms with Gasteiger partial charge in [0.2, 0.25) is 5.91 Å². The van der Waals surface area contributed by atoms with Crippen LogP contribution in [0.1, 0.15) is 18.5 Å². The number of para-hydroxylation sites is 1. The minimum Gasteiger partial charge on any atom is -0.368 e. The number of fused-ring (bicyclic) bond motifs is 3. The summed E-state index contributed by atoms with van der Waals surface area (Å²) in [4.78, 5) is 14.3. The van der Waals surface area contributed by atoms with Crippen LogP contribution in [0, 0.1) is 0 Å². The molecule has 4 heteroatoms. The third-order valence-electron chi connectivity index (χ3n) is 6.14. The summed E-state index contributed by atoms with van der Waals surface area (Å²) in [5.74, 6) is -0.155. The van der Waals surface area contributed by atoms with Gasteiger partial charge >= 0.3 is 0 Å². The van der Waals surface area contributed by atoms with Crippen LogP contribution in [-0.2, 0) is 17.8 Å². The van der Waals surface area contributed by atoms with Gasteiger partial charge in [-0.3, -0.25) is 9.69 Å². The lowest BCUT2D eigenvalue weighted by Crippen LogP contribution is -2.48. The molecule has 4 nitrogen and oxygen atoms in total. The zero-order valence-electron chi connectivity index (χ0n) is 14.8. The fourth-order valence-corrected chi connectivity index (χ4v) is 4.64. The summed E-state index contributed by atoms with van der Waals surface area (Å²) in [6.45, 7) is 2.67. The molecule has 0 unspecified atom stereocenters. The first-order valence-corrected chi connectivity index (χ1v) is 9.41. The molecular weight excluding hydrogens is 322 g/mol. The van der Waals surface area contributed by atoms with Crippen molar-refractivity contribution in [3.63, 3.8) is 0 Å². The average Bonchev–Trinajstić information content (AvgIpc) is 3.44. The molecule has 1 amide bonds. The molecule has 0 atom stereocenters. The highest BCUT2D eigenvalue weighted by atomic mass is 16.2. The van der Waals surface area contributed by atoms with Gasteiger partial charge in [-0.2, -0.15) is 0 Å². The highest BCUT2D eigenvalue weighted by Crippen LogP contribution is 2.43. The van der Waals surface area contributed by atoms with Crippen LogP contribution in [0.15, 0.2) is 54.6 Å². The third kappa shape index (κ3) is 2.22. The Hall–Kier alpha value is -2.59. The maximum atomic E-state index is 12.0. The molecule has 2 N–H and O–H groups in total. The molecule has 0 saturated heterocycles. The van der Waals surface area contributed by atoms with Crippen molar-refractivity contribution in [3.05, 3.63) is 60.3 Å². The quantitative estimate of drug-likeness (QED) is 0.793. The van der Waals surface area contributed by atoms with E-state index in [1.165, 1.54) is 27.7 Å². The van der Waals surface area contributed by atoms with Gasteiger partial charge in [-0.1, -0.05) is 48.5 Å². The largest absolute Gasteiger partial charge is 0.368 e. The van der Waals surface area contributed by atoms with E-state index in [-0.39, 0.29) is 11.4 Å². The Balaban J connectivity index is 1.62. The normalized spacial score (nSPS) is 19.1. The first kappa shape index (κ1) is 15.6. The lowest BCUT2D eigenvalue weighted by molar-refractivity contribution is -0.124. The maximum absolute atomic E-state index is 12.0. The molecule has 2 heterocycles. The maximum Gasteiger partial charge on any atom is 0.237 e. The molecule has 1 aromatic heterocycles. The van der Waals surface area contributed by atoms with Crippen molar-refractivity contribution in [2.24, 2.45) is 5.73 Å².